The van der Waals surface area contributed by atoms with Gasteiger partial charge in [0.2, 0.25) is 11.8 Å². The molecule has 1 aromatic carbocycles. The molecule has 1 aliphatic heterocycles. The van der Waals surface area contributed by atoms with Gasteiger partial charge in [0.05, 0.1) is 38.2 Å². The summed E-state index contributed by atoms with van der Waals surface area (Å²) < 4.78 is 31.9. The summed E-state index contributed by atoms with van der Waals surface area (Å²) in [6.45, 7) is 8.99. The molecule has 236 valence electrons. The van der Waals surface area contributed by atoms with Crippen molar-refractivity contribution < 1.29 is 32.1 Å². The zero-order valence-corrected chi connectivity index (χ0v) is 26.6. The third kappa shape index (κ3) is 17.5. The first kappa shape index (κ1) is 37.0. The lowest BCUT2D eigenvalue weighted by molar-refractivity contribution is -0.909. The van der Waals surface area contributed by atoms with Crippen molar-refractivity contribution in [1.82, 2.24) is 10.2 Å². The molecule has 1 unspecified atom stereocenters. The lowest BCUT2D eigenvalue weighted by atomic mass is 10.1. The maximum Gasteiger partial charge on any atom is 0.222 e. The van der Waals surface area contributed by atoms with Crippen molar-refractivity contribution >= 4 is 21.9 Å². The highest BCUT2D eigenvalue weighted by molar-refractivity contribution is 7.85. The zero-order valence-electron chi connectivity index (χ0n) is 25.7. The van der Waals surface area contributed by atoms with Crippen LogP contribution in [-0.2, 0) is 19.7 Å². The van der Waals surface area contributed by atoms with Gasteiger partial charge < -0.3 is 24.4 Å². The quantitative estimate of drug-likeness (QED) is 0.131. The van der Waals surface area contributed by atoms with Crippen molar-refractivity contribution in [3.63, 3.8) is 0 Å². The molecule has 0 bridgehead atoms. The number of hydrogen-bond donors (Lipinski definition) is 2. The number of likely N-dealkylation sites (tertiary alicyclic amines) is 1. The number of nitrogens with zero attached hydrogens (tertiary/aromatic N) is 2. The number of aryl methyl sites for hydroxylation is 1. The van der Waals surface area contributed by atoms with Crippen LogP contribution in [0.2, 0.25) is 0 Å². The average molecular weight is 598 g/mol. The van der Waals surface area contributed by atoms with Crippen molar-refractivity contribution in [2.45, 2.75) is 102 Å². The maximum absolute atomic E-state index is 12.0. The molecule has 2 amide bonds. The van der Waals surface area contributed by atoms with Gasteiger partial charge in [-0.05, 0) is 31.9 Å². The number of hydrogen-bond acceptors (Lipinski definition) is 6. The largest absolute Gasteiger partial charge is 0.744 e. The van der Waals surface area contributed by atoms with Gasteiger partial charge in [0.1, 0.15) is 16.7 Å². The van der Waals surface area contributed by atoms with E-state index in [1.54, 1.807) is 12.1 Å². The number of unbranched alkanes of at least 4 members (excludes halogenated alkanes) is 8. The molecule has 0 saturated carbocycles. The molecule has 1 fully saturated rings. The predicted molar refractivity (Wildman–Crippen MR) is 162 cm³/mol. The topological polar surface area (TPSA) is 127 Å². The molecule has 10 heteroatoms. The first-order valence-electron chi connectivity index (χ1n) is 15.5. The number of likely N-dealkylation sites (N-methyl/N-ethyl adjacent to an activating group) is 1. The summed E-state index contributed by atoms with van der Waals surface area (Å²) in [5.74, 6) is 0.422. The minimum atomic E-state index is -4.27. The Labute approximate surface area is 249 Å². The van der Waals surface area contributed by atoms with Crippen LogP contribution in [0.4, 0.5) is 0 Å². The number of aliphatic hydroxyl groups excluding tert-OH is 1. The van der Waals surface area contributed by atoms with Gasteiger partial charge in [0.15, 0.2) is 0 Å². The molecule has 1 saturated heterocycles. The number of nitrogens with one attached hydrogen (secondary N) is 1. The molecule has 0 radical (unpaired) electrons. The Morgan fingerprint density at radius 3 is 2.12 bits per heavy atom. The molecule has 1 atom stereocenters. The molecule has 1 heterocycles. The molecule has 1 aliphatic rings. The molecule has 9 nitrogen and oxygen atoms in total. The highest BCUT2D eigenvalue weighted by Crippen LogP contribution is 2.13. The van der Waals surface area contributed by atoms with Gasteiger partial charge >= 0.3 is 0 Å². The number of carbonyl (C=O) groups is 2. The first-order valence-corrected chi connectivity index (χ1v) is 16.9. The lowest BCUT2D eigenvalue weighted by Crippen LogP contribution is -2.51. The summed E-state index contributed by atoms with van der Waals surface area (Å²) in [5, 5.41) is 12.5. The highest BCUT2D eigenvalue weighted by atomic mass is 32.2. The van der Waals surface area contributed by atoms with E-state index in [1.807, 2.05) is 11.8 Å². The van der Waals surface area contributed by atoms with Gasteiger partial charge in [-0.25, -0.2) is 8.42 Å². The number of amides is 2. The number of rotatable bonds is 20. The van der Waals surface area contributed by atoms with Crippen molar-refractivity contribution in [2.24, 2.45) is 0 Å². The molecule has 1 aromatic rings. The normalized spacial score (nSPS) is 14.9. The third-order valence-electron chi connectivity index (χ3n) is 7.73. The van der Waals surface area contributed by atoms with E-state index in [0.29, 0.717) is 25.9 Å². The Morgan fingerprint density at radius 1 is 0.976 bits per heavy atom. The summed E-state index contributed by atoms with van der Waals surface area (Å²) in [5.41, 5.74) is 0.928. The van der Waals surface area contributed by atoms with Crippen LogP contribution in [0.15, 0.2) is 29.2 Å². The van der Waals surface area contributed by atoms with Crippen LogP contribution in [0.1, 0.15) is 96.0 Å². The molecule has 0 aromatic heterocycles. The molecule has 41 heavy (non-hydrogen) atoms. The van der Waals surface area contributed by atoms with Crippen LogP contribution >= 0.6 is 0 Å². The van der Waals surface area contributed by atoms with Crippen molar-refractivity contribution in [3.8, 4) is 0 Å². The summed E-state index contributed by atoms with van der Waals surface area (Å²) >= 11 is 0. The monoisotopic (exact) mass is 597 g/mol. The van der Waals surface area contributed by atoms with E-state index in [-0.39, 0.29) is 23.3 Å². The standard InChI is InChI=1S/C24H47N3O3.C7H8O3S/c1-3-4-5-6-7-8-9-10-11-14-23(29)25-16-13-19-27(2,21-22-28)20-18-26-17-12-15-24(26)30;1-6-2-4-7(5-3-6)11(8,9)10/h28H,3-22H2,1-2H3;2-5H,1H3,(H,8,9,10). The Balaban J connectivity index is 0.000000634. The zero-order chi connectivity index (χ0) is 30.6. The van der Waals surface area contributed by atoms with E-state index in [2.05, 4.69) is 19.3 Å². The Morgan fingerprint density at radius 2 is 1.59 bits per heavy atom. The molecular formula is C31H55N3O6S. The van der Waals surface area contributed by atoms with Crippen LogP contribution in [-0.4, -0.2) is 92.2 Å². The van der Waals surface area contributed by atoms with Crippen LogP contribution in [0.5, 0.6) is 0 Å². The van der Waals surface area contributed by atoms with Crippen molar-refractivity contribution in [1.29, 1.82) is 0 Å². The van der Waals surface area contributed by atoms with Gasteiger partial charge in [0.25, 0.3) is 0 Å². The van der Waals surface area contributed by atoms with E-state index in [9.17, 15) is 27.7 Å². The van der Waals surface area contributed by atoms with Gasteiger partial charge in [-0.1, -0.05) is 76.0 Å². The van der Waals surface area contributed by atoms with Crippen molar-refractivity contribution in [3.05, 3.63) is 29.8 Å². The lowest BCUT2D eigenvalue weighted by Gasteiger charge is -2.35. The average Bonchev–Trinajstić information content (AvgIpc) is 3.34. The van der Waals surface area contributed by atoms with E-state index in [0.717, 1.165) is 61.9 Å². The van der Waals surface area contributed by atoms with Crippen LogP contribution in [0, 0.1) is 6.92 Å². The van der Waals surface area contributed by atoms with Crippen molar-refractivity contribution in [2.75, 3.05) is 52.9 Å². The van der Waals surface area contributed by atoms with Gasteiger partial charge in [-0.3, -0.25) is 9.59 Å². The fourth-order valence-corrected chi connectivity index (χ4v) is 5.43. The second-order valence-electron chi connectivity index (χ2n) is 11.5. The molecule has 2 rings (SSSR count). The summed E-state index contributed by atoms with van der Waals surface area (Å²) in [4.78, 5) is 25.6. The van der Waals surface area contributed by atoms with E-state index in [4.69, 9.17) is 0 Å². The second kappa shape index (κ2) is 20.8. The van der Waals surface area contributed by atoms with Gasteiger partial charge in [-0.15, -0.1) is 0 Å². The Kier molecular flexibility index (Phi) is 18.8. The summed E-state index contributed by atoms with van der Waals surface area (Å²) in [6.07, 6.45) is 14.6. The number of quaternary nitrogens is 1. The number of benzene rings is 1. The second-order valence-corrected chi connectivity index (χ2v) is 12.9. The van der Waals surface area contributed by atoms with E-state index in [1.165, 1.54) is 57.1 Å². The highest BCUT2D eigenvalue weighted by Gasteiger charge is 2.26. The van der Waals surface area contributed by atoms with Crippen LogP contribution in [0.25, 0.3) is 0 Å². The summed E-state index contributed by atoms with van der Waals surface area (Å²) in [6, 6.07) is 5.78. The third-order valence-corrected chi connectivity index (χ3v) is 8.58. The van der Waals surface area contributed by atoms with E-state index >= 15 is 0 Å². The predicted octanol–water partition coefficient (Wildman–Crippen LogP) is 4.37. The Bertz CT molecular complexity index is 971. The van der Waals surface area contributed by atoms with Gasteiger partial charge in [-0.2, -0.15) is 0 Å². The molecular weight excluding hydrogens is 542 g/mol. The molecule has 0 spiro atoms. The SMILES string of the molecule is CCCCCCCCCCCC(=O)NCCC[N+](C)(CCO)CCN1CCCC1=O.Cc1ccc(S(=O)(=O)[O-])cc1. The minimum absolute atomic E-state index is 0.148. The minimum Gasteiger partial charge on any atom is -0.744 e. The summed E-state index contributed by atoms with van der Waals surface area (Å²) in [7, 11) is -2.13. The van der Waals surface area contributed by atoms with Crippen LogP contribution in [0.3, 0.4) is 0 Å². The Hall–Kier alpha value is -2.01. The number of aliphatic hydroxyl groups is 1. The van der Waals surface area contributed by atoms with E-state index < -0.39 is 10.1 Å². The molecule has 2 N–H and O–H groups in total. The number of carbonyl (C=O) groups excluding carboxylic acids is 2. The fourth-order valence-electron chi connectivity index (χ4n) is 4.96. The smallest absolute Gasteiger partial charge is 0.222 e. The van der Waals surface area contributed by atoms with Gasteiger partial charge in [0, 0.05) is 32.4 Å². The maximum atomic E-state index is 12.0. The fraction of sp³-hybridized carbons (Fsp3) is 0.742. The first-order chi connectivity index (χ1) is 19.5. The molecule has 0 aliphatic carbocycles. The van der Waals surface area contributed by atoms with Crippen LogP contribution < -0.4 is 5.32 Å².